The Hall–Kier alpha value is -4.03. The van der Waals surface area contributed by atoms with Crippen molar-refractivity contribution in [1.82, 2.24) is 29.9 Å². The zero-order chi connectivity index (χ0) is 33.5. The van der Waals surface area contributed by atoms with Crippen molar-refractivity contribution < 1.29 is 32.1 Å². The van der Waals surface area contributed by atoms with Gasteiger partial charge in [-0.2, -0.15) is 0 Å². The van der Waals surface area contributed by atoms with E-state index < -0.39 is 53.5 Å². The molecule has 2 aliphatic heterocycles. The quantitative estimate of drug-likeness (QED) is 0.150. The van der Waals surface area contributed by atoms with Gasteiger partial charge in [-0.1, -0.05) is 47.3 Å². The van der Waals surface area contributed by atoms with Gasteiger partial charge in [-0.25, -0.2) is 27.8 Å². The predicted molar refractivity (Wildman–Crippen MR) is 176 cm³/mol. The average Bonchev–Trinajstić information content (AvgIpc) is 3.94. The molecule has 0 radical (unpaired) electrons. The summed E-state index contributed by atoms with van der Waals surface area (Å²) in [4.78, 5) is 14.5. The topological polar surface area (TPSA) is 106 Å². The second-order valence-corrected chi connectivity index (χ2v) is 14.0. The van der Waals surface area contributed by atoms with Crippen LogP contribution < -0.4 is 0 Å². The van der Waals surface area contributed by atoms with Gasteiger partial charge in [0.25, 0.3) is 0 Å². The highest BCUT2D eigenvalue weighted by Gasteiger charge is 2.52. The average molecular weight is 723 g/mol. The van der Waals surface area contributed by atoms with Crippen LogP contribution in [0.25, 0.3) is 32.5 Å². The van der Waals surface area contributed by atoms with E-state index in [4.69, 9.17) is 23.9 Å². The zero-order valence-corrected chi connectivity index (χ0v) is 27.9. The molecule has 0 N–H and O–H groups in total. The SMILES string of the molecule is COC1C(n2cc(-c3cc(F)c(F)c(F)c3)nn2)[C@H]2OC(c3ccccc3)OCC2O[C@@H]1Sc1cc(-c2nccs2)cnc1-c1nccs1. The van der Waals surface area contributed by atoms with Gasteiger partial charge in [0, 0.05) is 58.0 Å². The van der Waals surface area contributed by atoms with Crippen molar-refractivity contribution in [1.29, 1.82) is 0 Å². The fourth-order valence-corrected chi connectivity index (χ4v) is 8.54. The first-order valence-electron chi connectivity index (χ1n) is 15.0. The number of thioether (sulfide) groups is 1. The van der Waals surface area contributed by atoms with Crippen molar-refractivity contribution in [2.75, 3.05) is 13.7 Å². The lowest BCUT2D eigenvalue weighted by Crippen LogP contribution is -2.59. The van der Waals surface area contributed by atoms with Crippen molar-refractivity contribution in [3.8, 4) is 32.5 Å². The van der Waals surface area contributed by atoms with Crippen LogP contribution in [0.1, 0.15) is 17.9 Å². The Morgan fingerprint density at radius 2 is 1.67 bits per heavy atom. The van der Waals surface area contributed by atoms with Crippen molar-refractivity contribution >= 4 is 34.4 Å². The molecule has 2 aliphatic rings. The van der Waals surface area contributed by atoms with Gasteiger partial charge in [0.1, 0.15) is 51.2 Å². The molecule has 250 valence electrons. The van der Waals surface area contributed by atoms with Crippen molar-refractivity contribution in [2.24, 2.45) is 0 Å². The monoisotopic (exact) mass is 722 g/mol. The molecule has 0 aliphatic carbocycles. The molecular formula is C33H25F3N6O4S3. The van der Waals surface area contributed by atoms with Crippen LogP contribution in [0, 0.1) is 17.5 Å². The summed E-state index contributed by atoms with van der Waals surface area (Å²) >= 11 is 4.39. The number of benzene rings is 2. The third-order valence-corrected chi connectivity index (χ3v) is 10.9. The van der Waals surface area contributed by atoms with Gasteiger partial charge in [0.05, 0.1) is 12.8 Å². The molecule has 8 rings (SSSR count). The molecule has 49 heavy (non-hydrogen) atoms. The summed E-state index contributed by atoms with van der Waals surface area (Å²) in [7, 11) is 1.57. The normalized spacial score (nSPS) is 23.8. The molecule has 0 bridgehead atoms. The summed E-state index contributed by atoms with van der Waals surface area (Å²) < 4.78 is 69.3. The summed E-state index contributed by atoms with van der Waals surface area (Å²) in [5.41, 5.74) is 1.86. The number of ether oxygens (including phenoxy) is 4. The fourth-order valence-electron chi connectivity index (χ4n) is 5.89. The van der Waals surface area contributed by atoms with Gasteiger partial charge < -0.3 is 18.9 Å². The van der Waals surface area contributed by atoms with E-state index in [1.165, 1.54) is 40.6 Å². The highest BCUT2D eigenvalue weighted by atomic mass is 32.2. The van der Waals surface area contributed by atoms with Crippen LogP contribution in [-0.2, 0) is 18.9 Å². The van der Waals surface area contributed by atoms with Crippen molar-refractivity contribution in [2.45, 2.75) is 41.0 Å². The summed E-state index contributed by atoms with van der Waals surface area (Å²) in [5.74, 6) is -4.22. The van der Waals surface area contributed by atoms with Crippen LogP contribution in [0.4, 0.5) is 13.2 Å². The molecule has 2 saturated heterocycles. The number of thiazole rings is 2. The van der Waals surface area contributed by atoms with E-state index >= 15 is 0 Å². The maximum atomic E-state index is 14.2. The van der Waals surface area contributed by atoms with Gasteiger partial charge in [0.15, 0.2) is 23.7 Å². The van der Waals surface area contributed by atoms with Crippen LogP contribution in [0.2, 0.25) is 0 Å². The van der Waals surface area contributed by atoms with Gasteiger partial charge in [-0.05, 0) is 18.2 Å². The smallest absolute Gasteiger partial charge is 0.194 e. The number of methoxy groups -OCH3 is 1. The lowest BCUT2D eigenvalue weighted by Gasteiger charge is -2.48. The maximum Gasteiger partial charge on any atom is 0.194 e. The number of hydrogen-bond acceptors (Lipinski definition) is 12. The standard InChI is InChI=1S/C33H25F3N6O4S3/c1-43-29-27(42-15-22(40-41-42)18-11-20(34)25(36)21(35)12-18)28-23(16-44-32(46-28)17-5-3-2-4-6-17)45-33(29)49-24-13-19(30-37-7-9-47-30)14-39-26(24)31-38-8-10-48-31/h2-15,23,27-29,32-33H,16H2,1H3/t23?,27?,28-,29?,32?,33+/m0/s1. The summed E-state index contributed by atoms with van der Waals surface area (Å²) in [6, 6.07) is 12.6. The minimum Gasteiger partial charge on any atom is -0.375 e. The first kappa shape index (κ1) is 32.2. The van der Waals surface area contributed by atoms with Gasteiger partial charge in [-0.3, -0.25) is 4.98 Å². The van der Waals surface area contributed by atoms with Gasteiger partial charge >= 0.3 is 0 Å². The highest BCUT2D eigenvalue weighted by Crippen LogP contribution is 2.46. The molecule has 0 amide bonds. The van der Waals surface area contributed by atoms with E-state index in [2.05, 4.69) is 20.3 Å². The number of halogens is 3. The fraction of sp³-hybridized carbons (Fsp3) is 0.242. The Labute approximate surface area is 289 Å². The molecule has 16 heteroatoms. The molecule has 6 aromatic rings. The van der Waals surface area contributed by atoms with E-state index in [0.29, 0.717) is 5.69 Å². The van der Waals surface area contributed by atoms with E-state index in [9.17, 15) is 13.2 Å². The van der Waals surface area contributed by atoms with Crippen LogP contribution in [0.3, 0.4) is 0 Å². The number of hydrogen-bond donors (Lipinski definition) is 0. The summed E-state index contributed by atoms with van der Waals surface area (Å²) in [6.07, 6.45) is 4.18. The maximum absolute atomic E-state index is 14.2. The number of rotatable bonds is 8. The molecule has 2 fully saturated rings. The Morgan fingerprint density at radius 3 is 2.39 bits per heavy atom. The molecular weight excluding hydrogens is 698 g/mol. The molecule has 0 saturated carbocycles. The van der Waals surface area contributed by atoms with E-state index in [1.807, 2.05) is 47.2 Å². The molecule has 2 aromatic carbocycles. The molecule has 0 spiro atoms. The minimum atomic E-state index is -1.56. The lowest BCUT2D eigenvalue weighted by molar-refractivity contribution is -0.308. The Bertz CT molecular complexity index is 2030. The third kappa shape index (κ3) is 6.29. The van der Waals surface area contributed by atoms with Crippen LogP contribution in [-0.4, -0.2) is 67.4 Å². The summed E-state index contributed by atoms with van der Waals surface area (Å²) in [5, 5.41) is 13.9. The first-order chi connectivity index (χ1) is 24.0. The van der Waals surface area contributed by atoms with Gasteiger partial charge in [-0.15, -0.1) is 27.8 Å². The number of nitrogens with zero attached hydrogens (tertiary/aromatic N) is 6. The van der Waals surface area contributed by atoms with E-state index in [0.717, 1.165) is 38.2 Å². The summed E-state index contributed by atoms with van der Waals surface area (Å²) in [6.45, 7) is 0.195. The zero-order valence-electron chi connectivity index (χ0n) is 25.4. The first-order valence-corrected chi connectivity index (χ1v) is 17.6. The Kier molecular flexibility index (Phi) is 9.00. The second kappa shape index (κ2) is 13.7. The van der Waals surface area contributed by atoms with Crippen LogP contribution in [0.5, 0.6) is 0 Å². The Morgan fingerprint density at radius 1 is 0.918 bits per heavy atom. The minimum absolute atomic E-state index is 0.0272. The highest BCUT2D eigenvalue weighted by molar-refractivity contribution is 8.00. The number of fused-ring (bicyclic) bond motifs is 1. The molecule has 6 heterocycles. The number of pyridine rings is 1. The largest absolute Gasteiger partial charge is 0.375 e. The third-order valence-electron chi connectivity index (χ3n) is 8.16. The predicted octanol–water partition coefficient (Wildman–Crippen LogP) is 7.19. The number of aromatic nitrogens is 6. The lowest BCUT2D eigenvalue weighted by atomic mass is 9.95. The Balaban J connectivity index is 1.18. The molecule has 4 unspecified atom stereocenters. The molecule has 10 nitrogen and oxygen atoms in total. The molecule has 4 aromatic heterocycles. The van der Waals surface area contributed by atoms with E-state index in [-0.39, 0.29) is 17.9 Å². The van der Waals surface area contributed by atoms with Crippen LogP contribution in [0.15, 0.2) is 89.0 Å². The second-order valence-electron chi connectivity index (χ2n) is 11.1. The van der Waals surface area contributed by atoms with Gasteiger partial charge in [0.2, 0.25) is 0 Å². The van der Waals surface area contributed by atoms with Crippen LogP contribution >= 0.6 is 34.4 Å². The van der Waals surface area contributed by atoms with E-state index in [1.54, 1.807) is 30.4 Å². The van der Waals surface area contributed by atoms with Crippen molar-refractivity contribution in [3.63, 3.8) is 0 Å². The molecule has 6 atom stereocenters. The van der Waals surface area contributed by atoms with Crippen molar-refractivity contribution in [3.05, 3.63) is 107 Å².